The molecule has 3 amide bonds. The van der Waals surface area contributed by atoms with Gasteiger partial charge in [-0.2, -0.15) is 0 Å². The number of aromatic nitrogens is 1. The van der Waals surface area contributed by atoms with E-state index in [1.54, 1.807) is 43.3 Å². The van der Waals surface area contributed by atoms with Gasteiger partial charge in [0.15, 0.2) is 0 Å². The first kappa shape index (κ1) is 29.4. The number of carbonyl (C=O) groups excluding carboxylic acids is 3. The number of halogens is 1. The topological polar surface area (TPSA) is 157 Å². The molecule has 4 atom stereocenters. The third kappa shape index (κ3) is 7.67. The molecule has 2 aromatic carbocycles. The number of para-hydroxylation sites is 1. The Morgan fingerprint density at radius 1 is 0.949 bits per heavy atom. The zero-order chi connectivity index (χ0) is 28.7. The molecule has 1 aromatic heterocycles. The van der Waals surface area contributed by atoms with Crippen molar-refractivity contribution in [2.75, 3.05) is 0 Å². The summed E-state index contributed by atoms with van der Waals surface area (Å²) in [4.78, 5) is 65.8. The second-order valence-electron chi connectivity index (χ2n) is 9.38. The number of carboxylic acid groups (broad SMARTS) is 1. The molecule has 0 aliphatic heterocycles. The molecule has 3 aromatic rings. The fourth-order valence-electron chi connectivity index (χ4n) is 4.06. The van der Waals surface area contributed by atoms with Crippen molar-refractivity contribution in [1.29, 1.82) is 0 Å². The van der Waals surface area contributed by atoms with Crippen LogP contribution >= 0.6 is 11.6 Å². The number of H-pyrrole nitrogens is 1. The lowest BCUT2D eigenvalue weighted by atomic mass is 9.99. The van der Waals surface area contributed by atoms with Crippen molar-refractivity contribution in [2.45, 2.75) is 51.7 Å². The number of nitrogens with one attached hydrogen (secondary N) is 4. The summed E-state index contributed by atoms with van der Waals surface area (Å²) in [5.74, 6) is -3.42. The van der Waals surface area contributed by atoms with Gasteiger partial charge in [-0.1, -0.05) is 50.1 Å². The predicted molar refractivity (Wildman–Crippen MR) is 148 cm³/mol. The monoisotopic (exact) mass is 554 g/mol. The van der Waals surface area contributed by atoms with E-state index in [0.717, 1.165) is 0 Å². The van der Waals surface area contributed by atoms with E-state index in [4.69, 9.17) is 11.6 Å². The maximum atomic E-state index is 13.4. The van der Waals surface area contributed by atoms with E-state index in [1.807, 2.05) is 6.92 Å². The Morgan fingerprint density at radius 3 is 2.26 bits per heavy atom. The van der Waals surface area contributed by atoms with Gasteiger partial charge in [0.25, 0.3) is 5.91 Å². The maximum absolute atomic E-state index is 13.4. The van der Waals surface area contributed by atoms with Gasteiger partial charge in [0.05, 0.1) is 0 Å². The van der Waals surface area contributed by atoms with Crippen LogP contribution in [0.2, 0.25) is 5.02 Å². The fourth-order valence-corrected chi connectivity index (χ4v) is 4.18. The summed E-state index contributed by atoms with van der Waals surface area (Å²) in [7, 11) is 0. The zero-order valence-electron chi connectivity index (χ0n) is 21.8. The van der Waals surface area contributed by atoms with Gasteiger partial charge in [-0.25, -0.2) is 4.79 Å². The Hall–Kier alpha value is -4.18. The van der Waals surface area contributed by atoms with Gasteiger partial charge in [-0.3, -0.25) is 19.2 Å². The third-order valence-electron chi connectivity index (χ3n) is 6.52. The summed E-state index contributed by atoms with van der Waals surface area (Å²) in [6, 6.07) is 11.1. The molecule has 1 unspecified atom stereocenters. The highest BCUT2D eigenvalue weighted by atomic mass is 35.5. The molecule has 11 heteroatoms. The molecule has 1 heterocycles. The highest BCUT2D eigenvalue weighted by Crippen LogP contribution is 2.17. The van der Waals surface area contributed by atoms with Crippen molar-refractivity contribution in [2.24, 2.45) is 5.92 Å². The van der Waals surface area contributed by atoms with Gasteiger partial charge in [-0.05, 0) is 48.7 Å². The Labute approximate surface area is 230 Å². The summed E-state index contributed by atoms with van der Waals surface area (Å²) in [6.07, 6.45) is 0.482. The summed E-state index contributed by atoms with van der Waals surface area (Å²) in [5, 5.41) is 18.3. The first-order valence-electron chi connectivity index (χ1n) is 12.5. The SMILES string of the molecule is CC[C@H](C)[C@H](NC(=O)[C@H](C)NC(=O)C(Cc1cc(=O)[nH]c2ccccc12)NC(=O)c1ccc(Cl)cc1)C(=O)O. The van der Waals surface area contributed by atoms with Crippen LogP contribution in [0, 0.1) is 5.92 Å². The van der Waals surface area contributed by atoms with E-state index in [9.17, 15) is 29.1 Å². The number of hydrogen-bond donors (Lipinski definition) is 5. The molecule has 0 aliphatic rings. The van der Waals surface area contributed by atoms with Gasteiger partial charge in [0.2, 0.25) is 17.4 Å². The summed E-state index contributed by atoms with van der Waals surface area (Å²) < 4.78 is 0. The first-order valence-corrected chi connectivity index (χ1v) is 12.9. The van der Waals surface area contributed by atoms with Crippen molar-refractivity contribution in [1.82, 2.24) is 20.9 Å². The van der Waals surface area contributed by atoms with Crippen LogP contribution in [0.3, 0.4) is 0 Å². The molecule has 39 heavy (non-hydrogen) atoms. The molecule has 206 valence electrons. The van der Waals surface area contributed by atoms with E-state index in [-0.39, 0.29) is 23.5 Å². The lowest BCUT2D eigenvalue weighted by Crippen LogP contribution is -2.56. The number of hydrogen-bond acceptors (Lipinski definition) is 5. The molecule has 0 saturated heterocycles. The fraction of sp³-hybridized carbons (Fsp3) is 0.321. The van der Waals surface area contributed by atoms with Crippen molar-refractivity contribution >= 4 is 46.2 Å². The molecule has 5 N–H and O–H groups in total. The van der Waals surface area contributed by atoms with Crippen molar-refractivity contribution in [3.63, 3.8) is 0 Å². The molecular weight excluding hydrogens is 524 g/mol. The third-order valence-corrected chi connectivity index (χ3v) is 6.77. The summed E-state index contributed by atoms with van der Waals surface area (Å²) in [5.41, 5.74) is 0.979. The Kier molecular flexibility index (Phi) is 9.84. The van der Waals surface area contributed by atoms with Gasteiger partial charge in [-0.15, -0.1) is 0 Å². The lowest BCUT2D eigenvalue weighted by molar-refractivity contribution is -0.143. The predicted octanol–water partition coefficient (Wildman–Crippen LogP) is 2.64. The standard InChI is InChI=1S/C28H31ClN4O6/c1-4-15(2)24(28(38)39)33-25(35)16(3)30-27(37)22(32-26(36)17-9-11-19(29)12-10-17)13-18-14-23(34)31-21-8-6-5-7-20(18)21/h5-12,14-16,22,24H,4,13H2,1-3H3,(H,30,37)(H,31,34)(H,32,36)(H,33,35)(H,38,39)/t15-,16-,22?,24-/m0/s1. The van der Waals surface area contributed by atoms with Crippen molar-refractivity contribution < 1.29 is 24.3 Å². The summed E-state index contributed by atoms with van der Waals surface area (Å²) in [6.45, 7) is 4.93. The zero-order valence-corrected chi connectivity index (χ0v) is 22.5. The number of carboxylic acids is 1. The van der Waals surface area contributed by atoms with E-state index in [0.29, 0.717) is 27.9 Å². The Bertz CT molecular complexity index is 1420. The van der Waals surface area contributed by atoms with Gasteiger partial charge < -0.3 is 26.0 Å². The highest BCUT2D eigenvalue weighted by molar-refractivity contribution is 6.30. The van der Waals surface area contributed by atoms with Crippen LogP contribution in [0.5, 0.6) is 0 Å². The largest absolute Gasteiger partial charge is 0.480 e. The number of carbonyl (C=O) groups is 4. The first-order chi connectivity index (χ1) is 18.5. The van der Waals surface area contributed by atoms with E-state index >= 15 is 0 Å². The van der Waals surface area contributed by atoms with Gasteiger partial charge in [0.1, 0.15) is 18.1 Å². The van der Waals surface area contributed by atoms with Crippen molar-refractivity contribution in [3.05, 3.63) is 81.1 Å². The molecule has 0 spiro atoms. The summed E-state index contributed by atoms with van der Waals surface area (Å²) >= 11 is 5.92. The van der Waals surface area contributed by atoms with Crippen LogP contribution in [0.4, 0.5) is 0 Å². The molecule has 0 aliphatic carbocycles. The smallest absolute Gasteiger partial charge is 0.326 e. The number of rotatable bonds is 11. The number of pyridine rings is 1. The number of fused-ring (bicyclic) bond motifs is 1. The van der Waals surface area contributed by atoms with Crippen LogP contribution in [0.15, 0.2) is 59.4 Å². The molecule has 0 radical (unpaired) electrons. The normalized spacial score (nSPS) is 14.1. The molecule has 0 bridgehead atoms. The second kappa shape index (κ2) is 13.1. The molecule has 0 saturated carbocycles. The molecule has 0 fully saturated rings. The minimum absolute atomic E-state index is 0.0471. The van der Waals surface area contributed by atoms with Crippen LogP contribution in [0.1, 0.15) is 43.1 Å². The van der Waals surface area contributed by atoms with Crippen LogP contribution < -0.4 is 21.5 Å². The van der Waals surface area contributed by atoms with E-state index < -0.39 is 41.8 Å². The quantitative estimate of drug-likeness (QED) is 0.245. The van der Waals surface area contributed by atoms with E-state index in [1.165, 1.54) is 25.1 Å². The number of aromatic amines is 1. The Morgan fingerprint density at radius 2 is 1.62 bits per heavy atom. The van der Waals surface area contributed by atoms with Crippen LogP contribution in [0.25, 0.3) is 10.9 Å². The van der Waals surface area contributed by atoms with Crippen LogP contribution in [-0.2, 0) is 20.8 Å². The molecule has 10 nitrogen and oxygen atoms in total. The average Bonchev–Trinajstić information content (AvgIpc) is 2.90. The minimum Gasteiger partial charge on any atom is -0.480 e. The number of aliphatic carboxylic acids is 1. The average molecular weight is 555 g/mol. The number of benzene rings is 2. The maximum Gasteiger partial charge on any atom is 0.326 e. The van der Waals surface area contributed by atoms with Gasteiger partial charge in [0, 0.05) is 34.0 Å². The van der Waals surface area contributed by atoms with Gasteiger partial charge >= 0.3 is 5.97 Å². The number of amides is 3. The van der Waals surface area contributed by atoms with E-state index in [2.05, 4.69) is 20.9 Å². The molecular formula is C28H31ClN4O6. The lowest BCUT2D eigenvalue weighted by Gasteiger charge is -2.24. The molecule has 3 rings (SSSR count). The van der Waals surface area contributed by atoms with Crippen molar-refractivity contribution in [3.8, 4) is 0 Å². The van der Waals surface area contributed by atoms with Crippen LogP contribution in [-0.4, -0.2) is 51.9 Å². The Balaban J connectivity index is 1.86. The minimum atomic E-state index is -1.18. The highest BCUT2D eigenvalue weighted by Gasteiger charge is 2.30. The second-order valence-corrected chi connectivity index (χ2v) is 9.82.